The van der Waals surface area contributed by atoms with E-state index < -0.39 is 0 Å². The Morgan fingerprint density at radius 1 is 1.29 bits per heavy atom. The average Bonchev–Trinajstić information content (AvgIpc) is 2.78. The fraction of sp³-hybridized carbons (Fsp3) is 0.400. The summed E-state index contributed by atoms with van der Waals surface area (Å²) < 4.78 is 1.21. The van der Waals surface area contributed by atoms with Crippen molar-refractivity contribution in [3.63, 3.8) is 0 Å². The van der Waals surface area contributed by atoms with Crippen molar-refractivity contribution < 1.29 is 4.79 Å². The molecule has 0 saturated carbocycles. The summed E-state index contributed by atoms with van der Waals surface area (Å²) in [7, 11) is 0. The third-order valence-corrected chi connectivity index (χ3v) is 4.30. The highest BCUT2D eigenvalue weighted by Gasteiger charge is 2.19. The van der Waals surface area contributed by atoms with Gasteiger partial charge in [0.1, 0.15) is 0 Å². The van der Waals surface area contributed by atoms with Crippen molar-refractivity contribution in [3.05, 3.63) is 35.2 Å². The summed E-state index contributed by atoms with van der Waals surface area (Å²) >= 11 is 1.63. The Hall–Kier alpha value is -1.15. The molecular weight excluding hydrogens is 228 g/mol. The molecule has 1 nitrogen and oxygen atoms in total. The number of hydrogen-bond acceptors (Lipinski definition) is 2. The predicted molar refractivity (Wildman–Crippen MR) is 74.8 cm³/mol. The second-order valence-corrected chi connectivity index (χ2v) is 5.49. The first-order valence-corrected chi connectivity index (χ1v) is 7.10. The Labute approximate surface area is 106 Å². The molecular formula is C15H18OS. The molecule has 1 aromatic heterocycles. The molecule has 0 N–H and O–H groups in total. The van der Waals surface area contributed by atoms with Crippen LogP contribution in [0.15, 0.2) is 30.3 Å². The largest absolute Gasteiger partial charge is 0.293 e. The molecule has 1 atom stereocenters. The molecule has 90 valence electrons. The summed E-state index contributed by atoms with van der Waals surface area (Å²) in [6.45, 7) is 4.24. The molecule has 0 bridgehead atoms. The van der Waals surface area contributed by atoms with Crippen LogP contribution in [0.4, 0.5) is 0 Å². The quantitative estimate of drug-likeness (QED) is 0.685. The van der Waals surface area contributed by atoms with Gasteiger partial charge in [-0.25, -0.2) is 0 Å². The zero-order valence-electron chi connectivity index (χ0n) is 10.4. The number of hydrogen-bond donors (Lipinski definition) is 0. The summed E-state index contributed by atoms with van der Waals surface area (Å²) in [5.74, 6) is 0.531. The van der Waals surface area contributed by atoms with E-state index in [0.29, 0.717) is 5.78 Å². The number of benzene rings is 1. The average molecular weight is 246 g/mol. The molecule has 0 aliphatic heterocycles. The molecule has 0 spiro atoms. The predicted octanol–water partition coefficient (Wildman–Crippen LogP) is 4.91. The number of thiophene rings is 1. The van der Waals surface area contributed by atoms with Gasteiger partial charge in [0.2, 0.25) is 0 Å². The maximum absolute atomic E-state index is 12.3. The number of ketones is 1. The third-order valence-electron chi connectivity index (χ3n) is 3.17. The normalized spacial score (nSPS) is 12.8. The van der Waals surface area contributed by atoms with E-state index in [1.165, 1.54) is 10.1 Å². The number of carbonyl (C=O) groups excluding carboxylic acids is 1. The summed E-state index contributed by atoms with van der Waals surface area (Å²) in [5, 5.41) is 1.19. The lowest BCUT2D eigenvalue weighted by atomic mass is 9.95. The van der Waals surface area contributed by atoms with Crippen LogP contribution in [-0.4, -0.2) is 5.78 Å². The van der Waals surface area contributed by atoms with Gasteiger partial charge in [0, 0.05) is 10.6 Å². The Bertz CT molecular complexity index is 479. The van der Waals surface area contributed by atoms with Crippen molar-refractivity contribution >= 4 is 27.2 Å². The zero-order chi connectivity index (χ0) is 12.3. The van der Waals surface area contributed by atoms with Crippen LogP contribution in [0.3, 0.4) is 0 Å². The van der Waals surface area contributed by atoms with Crippen LogP contribution in [0.1, 0.15) is 42.8 Å². The number of fused-ring (bicyclic) bond motifs is 1. The topological polar surface area (TPSA) is 17.1 Å². The minimum Gasteiger partial charge on any atom is -0.293 e. The summed E-state index contributed by atoms with van der Waals surface area (Å²) in [4.78, 5) is 13.3. The maximum Gasteiger partial charge on any atom is 0.175 e. The van der Waals surface area contributed by atoms with Gasteiger partial charge in [0.05, 0.1) is 4.88 Å². The Morgan fingerprint density at radius 3 is 2.71 bits per heavy atom. The van der Waals surface area contributed by atoms with E-state index in [-0.39, 0.29) is 5.92 Å². The van der Waals surface area contributed by atoms with Gasteiger partial charge in [0.25, 0.3) is 0 Å². The molecule has 0 amide bonds. The monoisotopic (exact) mass is 246 g/mol. The molecule has 0 radical (unpaired) electrons. The summed E-state index contributed by atoms with van der Waals surface area (Å²) in [6, 6.07) is 10.2. The molecule has 1 aromatic carbocycles. The SMILES string of the molecule is CCCC(CC)C(=O)c1cc2ccccc2s1. The minimum absolute atomic E-state index is 0.202. The molecule has 1 heterocycles. The Balaban J connectivity index is 2.29. The fourth-order valence-electron chi connectivity index (χ4n) is 2.17. The van der Waals surface area contributed by atoms with Gasteiger partial charge < -0.3 is 0 Å². The van der Waals surface area contributed by atoms with Crippen molar-refractivity contribution in [1.82, 2.24) is 0 Å². The molecule has 0 saturated heterocycles. The fourth-order valence-corrected chi connectivity index (χ4v) is 3.26. The molecule has 0 aliphatic carbocycles. The zero-order valence-corrected chi connectivity index (χ0v) is 11.2. The first-order valence-electron chi connectivity index (χ1n) is 6.29. The van der Waals surface area contributed by atoms with E-state index in [1.807, 2.05) is 18.2 Å². The molecule has 2 rings (SSSR count). The van der Waals surface area contributed by atoms with Gasteiger partial charge in [-0.1, -0.05) is 38.5 Å². The minimum atomic E-state index is 0.202. The second kappa shape index (κ2) is 5.46. The van der Waals surface area contributed by atoms with Gasteiger partial charge in [-0.2, -0.15) is 0 Å². The number of rotatable bonds is 5. The Morgan fingerprint density at radius 2 is 2.06 bits per heavy atom. The van der Waals surface area contributed by atoms with Crippen LogP contribution in [0.5, 0.6) is 0 Å². The first-order chi connectivity index (χ1) is 8.26. The smallest absolute Gasteiger partial charge is 0.175 e. The van der Waals surface area contributed by atoms with Crippen molar-refractivity contribution in [2.24, 2.45) is 5.92 Å². The first kappa shape index (κ1) is 12.3. The lowest BCUT2D eigenvalue weighted by Crippen LogP contribution is -2.12. The van der Waals surface area contributed by atoms with Crippen molar-refractivity contribution in [2.75, 3.05) is 0 Å². The molecule has 1 unspecified atom stereocenters. The van der Waals surface area contributed by atoms with Crippen LogP contribution in [0, 0.1) is 5.92 Å². The van der Waals surface area contributed by atoms with Crippen molar-refractivity contribution in [2.45, 2.75) is 33.1 Å². The van der Waals surface area contributed by atoms with Gasteiger partial charge in [-0.15, -0.1) is 11.3 Å². The van der Waals surface area contributed by atoms with Crippen molar-refractivity contribution in [3.8, 4) is 0 Å². The lowest BCUT2D eigenvalue weighted by Gasteiger charge is -2.10. The van der Waals surface area contributed by atoms with Gasteiger partial charge >= 0.3 is 0 Å². The van der Waals surface area contributed by atoms with Crippen LogP contribution < -0.4 is 0 Å². The van der Waals surface area contributed by atoms with Crippen LogP contribution in [0.25, 0.3) is 10.1 Å². The number of Topliss-reactive ketones (excluding diaryl/α,β-unsaturated/α-hetero) is 1. The highest BCUT2D eigenvalue weighted by molar-refractivity contribution is 7.20. The van der Waals surface area contributed by atoms with Crippen LogP contribution >= 0.6 is 11.3 Å². The molecule has 2 aromatic rings. The number of carbonyl (C=O) groups is 1. The maximum atomic E-state index is 12.3. The lowest BCUT2D eigenvalue weighted by molar-refractivity contribution is 0.0913. The van der Waals surface area contributed by atoms with Crippen LogP contribution in [0.2, 0.25) is 0 Å². The van der Waals surface area contributed by atoms with Gasteiger partial charge in [-0.3, -0.25) is 4.79 Å². The van der Waals surface area contributed by atoms with E-state index in [1.54, 1.807) is 11.3 Å². The molecule has 0 aliphatic rings. The third kappa shape index (κ3) is 2.58. The van der Waals surface area contributed by atoms with Gasteiger partial charge in [-0.05, 0) is 30.4 Å². The Kier molecular flexibility index (Phi) is 3.95. The summed E-state index contributed by atoms with van der Waals surface area (Å²) in [6.07, 6.45) is 3.03. The molecule has 0 fully saturated rings. The standard InChI is InChI=1S/C15H18OS/c1-3-7-11(4-2)15(16)14-10-12-8-5-6-9-13(12)17-14/h5-6,8-11H,3-4,7H2,1-2H3. The summed E-state index contributed by atoms with van der Waals surface area (Å²) in [5.41, 5.74) is 0. The van der Waals surface area contributed by atoms with Crippen LogP contribution in [-0.2, 0) is 0 Å². The van der Waals surface area contributed by atoms with E-state index in [2.05, 4.69) is 26.0 Å². The highest BCUT2D eigenvalue weighted by atomic mass is 32.1. The van der Waals surface area contributed by atoms with Gasteiger partial charge in [0.15, 0.2) is 5.78 Å². The van der Waals surface area contributed by atoms with E-state index in [4.69, 9.17) is 0 Å². The van der Waals surface area contributed by atoms with E-state index in [0.717, 1.165) is 24.1 Å². The van der Waals surface area contributed by atoms with E-state index in [9.17, 15) is 4.79 Å². The van der Waals surface area contributed by atoms with Crippen molar-refractivity contribution in [1.29, 1.82) is 0 Å². The second-order valence-electron chi connectivity index (χ2n) is 4.41. The molecule has 17 heavy (non-hydrogen) atoms. The molecule has 2 heteroatoms. The highest BCUT2D eigenvalue weighted by Crippen LogP contribution is 2.28. The van der Waals surface area contributed by atoms with E-state index >= 15 is 0 Å².